The highest BCUT2D eigenvalue weighted by atomic mass is 16.4. The molecule has 1 unspecified atom stereocenters. The molecule has 1 fully saturated rings. The van der Waals surface area contributed by atoms with Crippen LogP contribution in [-0.4, -0.2) is 27.2 Å². The second-order valence-electron chi connectivity index (χ2n) is 4.31. The molecule has 1 aliphatic heterocycles. The van der Waals surface area contributed by atoms with Crippen LogP contribution in [0.2, 0.25) is 0 Å². The predicted octanol–water partition coefficient (Wildman–Crippen LogP) is 0.887. The smallest absolute Gasteiger partial charge is 0.310 e. The molecule has 1 saturated carbocycles. The molecule has 1 aromatic rings. The van der Waals surface area contributed by atoms with E-state index < -0.39 is 5.97 Å². The van der Waals surface area contributed by atoms with Crippen LogP contribution < -0.4 is 5.32 Å². The minimum atomic E-state index is -0.733. The van der Waals surface area contributed by atoms with E-state index in [0.717, 1.165) is 5.95 Å². The standard InChI is InChI=1S/C10H13N3O2/c14-9(15)7-3-11-10-12-4-8(6-1-2-6)13(10)5-7/h4,6-7H,1-3,5H2,(H,11,12)(H,14,15). The first-order valence-electron chi connectivity index (χ1n) is 5.28. The molecule has 2 N–H and O–H groups in total. The molecule has 1 atom stereocenters. The Bertz CT molecular complexity index is 409. The van der Waals surface area contributed by atoms with Gasteiger partial charge in [0.25, 0.3) is 0 Å². The molecule has 3 rings (SSSR count). The van der Waals surface area contributed by atoms with Crippen molar-refractivity contribution in [1.29, 1.82) is 0 Å². The number of imidazole rings is 1. The Morgan fingerprint density at radius 3 is 3.07 bits per heavy atom. The van der Waals surface area contributed by atoms with E-state index in [-0.39, 0.29) is 5.92 Å². The van der Waals surface area contributed by atoms with E-state index in [1.807, 2.05) is 10.8 Å². The number of carbonyl (C=O) groups is 1. The van der Waals surface area contributed by atoms with Gasteiger partial charge in [0.05, 0.1) is 12.1 Å². The van der Waals surface area contributed by atoms with E-state index in [4.69, 9.17) is 5.11 Å². The van der Waals surface area contributed by atoms with Gasteiger partial charge in [0, 0.05) is 24.7 Å². The molecule has 0 saturated heterocycles. The van der Waals surface area contributed by atoms with Gasteiger partial charge in [-0.2, -0.15) is 0 Å². The van der Waals surface area contributed by atoms with E-state index in [2.05, 4.69) is 10.3 Å². The van der Waals surface area contributed by atoms with Crippen LogP contribution in [-0.2, 0) is 11.3 Å². The van der Waals surface area contributed by atoms with Gasteiger partial charge in [-0.3, -0.25) is 4.79 Å². The van der Waals surface area contributed by atoms with Gasteiger partial charge in [-0.15, -0.1) is 0 Å². The Morgan fingerprint density at radius 2 is 2.40 bits per heavy atom. The molecule has 1 aromatic heterocycles. The molecule has 5 nitrogen and oxygen atoms in total. The largest absolute Gasteiger partial charge is 0.481 e. The van der Waals surface area contributed by atoms with Gasteiger partial charge in [-0.25, -0.2) is 4.98 Å². The summed E-state index contributed by atoms with van der Waals surface area (Å²) < 4.78 is 2.03. The number of hydrogen-bond donors (Lipinski definition) is 2. The Morgan fingerprint density at radius 1 is 1.60 bits per heavy atom. The van der Waals surface area contributed by atoms with Crippen molar-refractivity contribution in [2.75, 3.05) is 11.9 Å². The van der Waals surface area contributed by atoms with Gasteiger partial charge >= 0.3 is 5.97 Å². The lowest BCUT2D eigenvalue weighted by molar-refractivity contribution is -0.141. The summed E-state index contributed by atoms with van der Waals surface area (Å²) in [5.41, 5.74) is 1.20. The zero-order valence-electron chi connectivity index (χ0n) is 8.31. The summed E-state index contributed by atoms with van der Waals surface area (Å²) in [6.45, 7) is 1.04. The second-order valence-corrected chi connectivity index (χ2v) is 4.31. The Labute approximate surface area is 87.1 Å². The lowest BCUT2D eigenvalue weighted by Gasteiger charge is -2.23. The fraction of sp³-hybridized carbons (Fsp3) is 0.600. The first-order valence-corrected chi connectivity index (χ1v) is 5.28. The van der Waals surface area contributed by atoms with Crippen molar-refractivity contribution in [3.63, 3.8) is 0 Å². The maximum Gasteiger partial charge on any atom is 0.310 e. The molecule has 0 bridgehead atoms. The molecule has 0 amide bonds. The zero-order chi connectivity index (χ0) is 10.4. The molecule has 80 valence electrons. The summed E-state index contributed by atoms with van der Waals surface area (Å²) in [4.78, 5) is 15.2. The summed E-state index contributed by atoms with van der Waals surface area (Å²) >= 11 is 0. The summed E-state index contributed by atoms with van der Waals surface area (Å²) in [6.07, 6.45) is 4.30. The average molecular weight is 207 g/mol. The highest BCUT2D eigenvalue weighted by Crippen LogP contribution is 2.41. The monoisotopic (exact) mass is 207 g/mol. The van der Waals surface area contributed by atoms with Crippen molar-refractivity contribution in [2.45, 2.75) is 25.3 Å². The van der Waals surface area contributed by atoms with Crippen molar-refractivity contribution in [3.8, 4) is 0 Å². The van der Waals surface area contributed by atoms with Gasteiger partial charge in [0.2, 0.25) is 5.95 Å². The SMILES string of the molecule is O=C(O)C1CNc2ncc(C3CC3)n2C1. The van der Waals surface area contributed by atoms with Crippen LogP contribution in [0.1, 0.15) is 24.5 Å². The van der Waals surface area contributed by atoms with E-state index >= 15 is 0 Å². The third kappa shape index (κ3) is 1.38. The van der Waals surface area contributed by atoms with Crippen LogP contribution in [0.25, 0.3) is 0 Å². The topological polar surface area (TPSA) is 67.2 Å². The number of aromatic nitrogens is 2. The first kappa shape index (κ1) is 8.76. The predicted molar refractivity (Wildman–Crippen MR) is 53.8 cm³/mol. The van der Waals surface area contributed by atoms with Gasteiger partial charge in [-0.05, 0) is 12.8 Å². The second kappa shape index (κ2) is 2.98. The number of carboxylic acid groups (broad SMARTS) is 1. The normalized spacial score (nSPS) is 24.4. The molecule has 2 heterocycles. The molecule has 15 heavy (non-hydrogen) atoms. The van der Waals surface area contributed by atoms with Gasteiger partial charge in [0.1, 0.15) is 0 Å². The van der Waals surface area contributed by atoms with Gasteiger partial charge in [-0.1, -0.05) is 0 Å². The van der Waals surface area contributed by atoms with Crippen LogP contribution in [0, 0.1) is 5.92 Å². The van der Waals surface area contributed by atoms with Gasteiger partial charge < -0.3 is 15.0 Å². The summed E-state index contributed by atoms with van der Waals surface area (Å²) in [7, 11) is 0. The molecular formula is C10H13N3O2. The lowest BCUT2D eigenvalue weighted by atomic mass is 10.1. The minimum Gasteiger partial charge on any atom is -0.481 e. The van der Waals surface area contributed by atoms with E-state index in [0.29, 0.717) is 19.0 Å². The van der Waals surface area contributed by atoms with Crippen molar-refractivity contribution < 1.29 is 9.90 Å². The van der Waals surface area contributed by atoms with Crippen LogP contribution in [0.4, 0.5) is 5.95 Å². The number of nitrogens with one attached hydrogen (secondary N) is 1. The zero-order valence-corrected chi connectivity index (χ0v) is 8.31. The minimum absolute atomic E-state index is 0.329. The number of rotatable bonds is 2. The average Bonchev–Trinajstić information content (AvgIpc) is 2.98. The molecule has 2 aliphatic rings. The van der Waals surface area contributed by atoms with Crippen LogP contribution in [0.5, 0.6) is 0 Å². The molecular weight excluding hydrogens is 194 g/mol. The number of hydrogen-bond acceptors (Lipinski definition) is 3. The van der Waals surface area contributed by atoms with E-state index in [1.165, 1.54) is 18.5 Å². The number of aliphatic carboxylic acids is 1. The maximum absolute atomic E-state index is 10.9. The Kier molecular flexibility index (Phi) is 1.74. The fourth-order valence-electron chi connectivity index (χ4n) is 2.09. The van der Waals surface area contributed by atoms with Crippen molar-refractivity contribution in [3.05, 3.63) is 11.9 Å². The fourth-order valence-corrected chi connectivity index (χ4v) is 2.09. The number of fused-ring (bicyclic) bond motifs is 1. The Balaban J connectivity index is 1.91. The first-order chi connectivity index (χ1) is 7.25. The van der Waals surface area contributed by atoms with Gasteiger partial charge in [0.15, 0.2) is 0 Å². The maximum atomic E-state index is 10.9. The van der Waals surface area contributed by atoms with E-state index in [9.17, 15) is 4.79 Å². The third-order valence-electron chi connectivity index (χ3n) is 3.14. The molecule has 1 aliphatic carbocycles. The number of nitrogens with zero attached hydrogens (tertiary/aromatic N) is 2. The Hall–Kier alpha value is -1.52. The number of carboxylic acids is 1. The third-order valence-corrected chi connectivity index (χ3v) is 3.14. The molecule has 0 spiro atoms. The van der Waals surface area contributed by atoms with Crippen molar-refractivity contribution in [1.82, 2.24) is 9.55 Å². The lowest BCUT2D eigenvalue weighted by Crippen LogP contribution is -2.33. The highest BCUT2D eigenvalue weighted by molar-refractivity contribution is 5.71. The van der Waals surface area contributed by atoms with Crippen molar-refractivity contribution in [2.24, 2.45) is 5.92 Å². The van der Waals surface area contributed by atoms with Crippen LogP contribution >= 0.6 is 0 Å². The molecule has 0 aromatic carbocycles. The summed E-state index contributed by atoms with van der Waals surface area (Å²) in [5, 5.41) is 12.0. The highest BCUT2D eigenvalue weighted by Gasteiger charge is 2.32. The van der Waals surface area contributed by atoms with E-state index in [1.54, 1.807) is 0 Å². The van der Waals surface area contributed by atoms with Crippen LogP contribution in [0.3, 0.4) is 0 Å². The molecule has 5 heteroatoms. The molecule has 0 radical (unpaired) electrons. The van der Waals surface area contributed by atoms with Crippen LogP contribution in [0.15, 0.2) is 6.20 Å². The number of anilines is 1. The summed E-state index contributed by atoms with van der Waals surface area (Å²) in [5.74, 6) is 0.378. The summed E-state index contributed by atoms with van der Waals surface area (Å²) in [6, 6.07) is 0. The van der Waals surface area contributed by atoms with Crippen molar-refractivity contribution >= 4 is 11.9 Å². The quantitative estimate of drug-likeness (QED) is 0.755.